The van der Waals surface area contributed by atoms with Gasteiger partial charge in [0.1, 0.15) is 0 Å². The number of rotatable bonds is 5. The van der Waals surface area contributed by atoms with Gasteiger partial charge in [-0.15, -0.1) is 0 Å². The first-order valence-corrected chi connectivity index (χ1v) is 11.1. The maximum atomic E-state index is 13.5. The van der Waals surface area contributed by atoms with Crippen molar-refractivity contribution in [2.24, 2.45) is 0 Å². The molecule has 3 heterocycles. The van der Waals surface area contributed by atoms with E-state index in [0.717, 1.165) is 54.3 Å². The molecule has 31 heavy (non-hydrogen) atoms. The predicted octanol–water partition coefficient (Wildman–Crippen LogP) is 4.14. The number of pyridine rings is 1. The number of anilines is 2. The Labute approximate surface area is 184 Å². The fourth-order valence-corrected chi connectivity index (χ4v) is 3.99. The number of aromatic nitrogens is 3. The maximum Gasteiger partial charge on any atom is 0.256 e. The van der Waals surface area contributed by atoms with Crippen LogP contribution in [0.5, 0.6) is 0 Å². The average molecular weight is 421 g/mol. The van der Waals surface area contributed by atoms with Crippen molar-refractivity contribution in [1.82, 2.24) is 19.7 Å². The number of carbonyl (C=O) groups excluding carboxylic acids is 1. The molecule has 1 saturated heterocycles. The number of piperazine rings is 1. The summed E-state index contributed by atoms with van der Waals surface area (Å²) >= 11 is 0. The summed E-state index contributed by atoms with van der Waals surface area (Å²) in [5.41, 5.74) is 4.18. The first kappa shape index (κ1) is 21.3. The van der Waals surface area contributed by atoms with Gasteiger partial charge in [0.2, 0.25) is 0 Å². The highest BCUT2D eigenvalue weighted by molar-refractivity contribution is 6.13. The lowest BCUT2D eigenvalue weighted by Crippen LogP contribution is -2.44. The summed E-state index contributed by atoms with van der Waals surface area (Å²) in [6.45, 7) is 12.2. The number of hydrogen-bond acceptors (Lipinski definition) is 5. The Balaban J connectivity index is 1.70. The maximum absolute atomic E-state index is 13.5. The molecule has 4 rings (SSSR count). The molecule has 7 nitrogen and oxygen atoms in total. The molecule has 0 atom stereocenters. The highest BCUT2D eigenvalue weighted by atomic mass is 16.1. The summed E-state index contributed by atoms with van der Waals surface area (Å²) in [5.74, 6) is 0.0864. The lowest BCUT2D eigenvalue weighted by molar-refractivity contribution is 0.102. The van der Waals surface area contributed by atoms with Crippen LogP contribution < -0.4 is 10.2 Å². The predicted molar refractivity (Wildman–Crippen MR) is 126 cm³/mol. The highest BCUT2D eigenvalue weighted by Crippen LogP contribution is 2.29. The standard InChI is InChI=1S/C24H32N6O/c1-16(2)21-14-18(19-15-25-30(17(3)4)23(19)26-21)24(31)27-20-8-6-7-9-22(20)29-12-10-28(5)11-13-29/h6-9,14-17H,10-13H2,1-5H3,(H,27,31). The first-order valence-electron chi connectivity index (χ1n) is 11.1. The van der Waals surface area contributed by atoms with Gasteiger partial charge >= 0.3 is 0 Å². The van der Waals surface area contributed by atoms with Crippen LogP contribution in [-0.4, -0.2) is 58.8 Å². The summed E-state index contributed by atoms with van der Waals surface area (Å²) < 4.78 is 1.89. The Morgan fingerprint density at radius 2 is 1.77 bits per heavy atom. The SMILES string of the molecule is CC(C)c1cc(C(=O)Nc2ccccc2N2CCN(C)CC2)c2cnn(C(C)C)c2n1. The Morgan fingerprint density at radius 3 is 2.45 bits per heavy atom. The second kappa shape index (κ2) is 8.67. The van der Waals surface area contributed by atoms with E-state index in [9.17, 15) is 4.79 Å². The van der Waals surface area contributed by atoms with E-state index >= 15 is 0 Å². The fraction of sp³-hybridized carbons (Fsp3) is 0.458. The Bertz CT molecular complexity index is 1080. The summed E-state index contributed by atoms with van der Waals surface area (Å²) in [5, 5.41) is 8.46. The average Bonchev–Trinajstić information content (AvgIpc) is 3.18. The van der Waals surface area contributed by atoms with Crippen molar-refractivity contribution in [3.8, 4) is 0 Å². The van der Waals surface area contributed by atoms with Gasteiger partial charge in [0.25, 0.3) is 5.91 Å². The molecule has 1 N–H and O–H groups in total. The zero-order valence-corrected chi connectivity index (χ0v) is 19.1. The quantitative estimate of drug-likeness (QED) is 0.672. The molecular weight excluding hydrogens is 388 g/mol. The van der Waals surface area contributed by atoms with Crippen LogP contribution >= 0.6 is 0 Å². The van der Waals surface area contributed by atoms with Crippen molar-refractivity contribution < 1.29 is 4.79 Å². The number of carbonyl (C=O) groups is 1. The molecule has 1 aliphatic heterocycles. The zero-order chi connectivity index (χ0) is 22.1. The first-order chi connectivity index (χ1) is 14.8. The number of nitrogens with one attached hydrogen (secondary N) is 1. The number of para-hydroxylation sites is 2. The number of benzene rings is 1. The number of fused-ring (bicyclic) bond motifs is 1. The third-order valence-electron chi connectivity index (χ3n) is 5.91. The van der Waals surface area contributed by atoms with Crippen molar-refractivity contribution in [3.05, 3.63) is 47.8 Å². The number of hydrogen-bond donors (Lipinski definition) is 1. The summed E-state index contributed by atoms with van der Waals surface area (Å²) in [4.78, 5) is 22.9. The van der Waals surface area contributed by atoms with Gasteiger partial charge in [-0.3, -0.25) is 4.79 Å². The molecule has 7 heteroatoms. The van der Waals surface area contributed by atoms with Crippen LogP contribution in [0.1, 0.15) is 55.7 Å². The molecule has 0 saturated carbocycles. The van der Waals surface area contributed by atoms with Crippen molar-refractivity contribution in [1.29, 1.82) is 0 Å². The molecule has 0 spiro atoms. The molecule has 164 valence electrons. The van der Waals surface area contributed by atoms with Gasteiger partial charge in [-0.1, -0.05) is 26.0 Å². The van der Waals surface area contributed by atoms with Crippen LogP contribution in [0, 0.1) is 0 Å². The molecular formula is C24H32N6O. The van der Waals surface area contributed by atoms with E-state index in [-0.39, 0.29) is 17.9 Å². The lowest BCUT2D eigenvalue weighted by Gasteiger charge is -2.35. The Morgan fingerprint density at radius 1 is 1.06 bits per heavy atom. The second-order valence-electron chi connectivity index (χ2n) is 8.93. The van der Waals surface area contributed by atoms with Crippen LogP contribution in [0.25, 0.3) is 11.0 Å². The minimum atomic E-state index is -0.126. The van der Waals surface area contributed by atoms with E-state index in [1.165, 1.54) is 0 Å². The number of likely N-dealkylation sites (N-methyl/N-ethyl adjacent to an activating group) is 1. The molecule has 1 amide bonds. The summed E-state index contributed by atoms with van der Waals surface area (Å²) in [6.07, 6.45) is 1.76. The molecule has 2 aromatic heterocycles. The van der Waals surface area contributed by atoms with Crippen LogP contribution in [-0.2, 0) is 0 Å². The largest absolute Gasteiger partial charge is 0.367 e. The Hall–Kier alpha value is -2.93. The van der Waals surface area contributed by atoms with Gasteiger partial charge in [0, 0.05) is 37.9 Å². The lowest BCUT2D eigenvalue weighted by atomic mass is 10.0. The summed E-state index contributed by atoms with van der Waals surface area (Å²) in [6, 6.07) is 10.1. The van der Waals surface area contributed by atoms with Gasteiger partial charge in [-0.25, -0.2) is 9.67 Å². The molecule has 1 aliphatic rings. The van der Waals surface area contributed by atoms with Crippen molar-refractivity contribution in [2.45, 2.75) is 39.7 Å². The van der Waals surface area contributed by atoms with E-state index < -0.39 is 0 Å². The molecule has 0 unspecified atom stereocenters. The molecule has 0 aliphatic carbocycles. The van der Waals surface area contributed by atoms with Crippen molar-refractivity contribution in [2.75, 3.05) is 43.4 Å². The van der Waals surface area contributed by atoms with E-state index in [4.69, 9.17) is 4.98 Å². The van der Waals surface area contributed by atoms with E-state index in [0.29, 0.717) is 5.56 Å². The minimum absolute atomic E-state index is 0.126. The van der Waals surface area contributed by atoms with E-state index in [1.807, 2.05) is 28.9 Å². The third kappa shape index (κ3) is 4.28. The molecule has 1 aromatic carbocycles. The van der Waals surface area contributed by atoms with E-state index in [2.05, 4.69) is 61.0 Å². The third-order valence-corrected chi connectivity index (χ3v) is 5.91. The monoisotopic (exact) mass is 420 g/mol. The normalized spacial score (nSPS) is 15.3. The zero-order valence-electron chi connectivity index (χ0n) is 19.1. The van der Waals surface area contributed by atoms with Gasteiger partial charge in [0.05, 0.1) is 28.5 Å². The summed E-state index contributed by atoms with van der Waals surface area (Å²) in [7, 11) is 2.14. The van der Waals surface area contributed by atoms with Gasteiger partial charge < -0.3 is 15.1 Å². The topological polar surface area (TPSA) is 66.3 Å². The van der Waals surface area contributed by atoms with E-state index in [1.54, 1.807) is 6.20 Å². The van der Waals surface area contributed by atoms with Crippen LogP contribution in [0.3, 0.4) is 0 Å². The van der Waals surface area contributed by atoms with Gasteiger partial charge in [0.15, 0.2) is 5.65 Å². The highest BCUT2D eigenvalue weighted by Gasteiger charge is 2.21. The van der Waals surface area contributed by atoms with Gasteiger partial charge in [-0.05, 0) is 45.0 Å². The van der Waals surface area contributed by atoms with Crippen LogP contribution in [0.2, 0.25) is 0 Å². The molecule has 1 fully saturated rings. The molecule has 0 bridgehead atoms. The number of nitrogens with zero attached hydrogens (tertiary/aromatic N) is 5. The minimum Gasteiger partial charge on any atom is -0.367 e. The second-order valence-corrected chi connectivity index (χ2v) is 8.93. The van der Waals surface area contributed by atoms with Gasteiger partial charge in [-0.2, -0.15) is 5.10 Å². The molecule has 0 radical (unpaired) electrons. The number of amides is 1. The fourth-order valence-electron chi connectivity index (χ4n) is 3.99. The van der Waals surface area contributed by atoms with Crippen molar-refractivity contribution >= 4 is 28.3 Å². The molecule has 3 aromatic rings. The van der Waals surface area contributed by atoms with Crippen molar-refractivity contribution in [3.63, 3.8) is 0 Å². The van der Waals surface area contributed by atoms with Crippen LogP contribution in [0.4, 0.5) is 11.4 Å². The van der Waals surface area contributed by atoms with Crippen LogP contribution in [0.15, 0.2) is 36.5 Å². The smallest absolute Gasteiger partial charge is 0.256 e. The Kier molecular flexibility index (Phi) is 5.96.